The van der Waals surface area contributed by atoms with E-state index in [0.29, 0.717) is 64.8 Å². The van der Waals surface area contributed by atoms with Gasteiger partial charge in [-0.2, -0.15) is 0 Å². The molecule has 2 aliphatic rings. The van der Waals surface area contributed by atoms with Gasteiger partial charge >= 0.3 is 5.97 Å². The number of amidine groups is 1. The first-order chi connectivity index (χ1) is 18.8. The number of thiophene rings is 1. The van der Waals surface area contributed by atoms with E-state index in [-0.39, 0.29) is 6.61 Å². The number of halogens is 1. The first-order valence-corrected chi connectivity index (χ1v) is 13.5. The molecule has 3 heterocycles. The topological polar surface area (TPSA) is 98.2 Å². The number of esters is 1. The highest BCUT2D eigenvalue weighted by Crippen LogP contribution is 2.41. The molecule has 2 aromatic heterocycles. The summed E-state index contributed by atoms with van der Waals surface area (Å²) in [4.78, 5) is 46.6. The van der Waals surface area contributed by atoms with Crippen molar-refractivity contribution in [2.24, 2.45) is 4.99 Å². The highest BCUT2D eigenvalue weighted by molar-refractivity contribution is 7.18. The summed E-state index contributed by atoms with van der Waals surface area (Å²) in [5.41, 5.74) is 5.84. The van der Waals surface area contributed by atoms with Crippen LogP contribution in [0.25, 0.3) is 21.3 Å². The molecule has 0 radical (unpaired) electrons. The van der Waals surface area contributed by atoms with Gasteiger partial charge in [0, 0.05) is 50.5 Å². The molecule has 3 aromatic rings. The van der Waals surface area contributed by atoms with Gasteiger partial charge in [0.05, 0.1) is 29.4 Å². The van der Waals surface area contributed by atoms with Crippen molar-refractivity contribution in [2.75, 3.05) is 20.3 Å². The molecule has 198 valence electrons. The van der Waals surface area contributed by atoms with Crippen LogP contribution in [-0.4, -0.2) is 53.8 Å². The zero-order valence-electron chi connectivity index (χ0n) is 21.6. The Balaban J connectivity index is 1.43. The Kier molecular flexibility index (Phi) is 7.51. The average Bonchev–Trinajstić information content (AvgIpc) is 3.36. The number of nitrogens with zero attached hydrogens (tertiary/aromatic N) is 3. The normalized spacial score (nSPS) is 15.1. The molecule has 1 aliphatic carbocycles. The van der Waals surface area contributed by atoms with Gasteiger partial charge in [0.1, 0.15) is 29.8 Å². The van der Waals surface area contributed by atoms with E-state index in [4.69, 9.17) is 21.1 Å². The van der Waals surface area contributed by atoms with Crippen LogP contribution in [-0.2, 0) is 14.3 Å². The minimum atomic E-state index is -0.447. The molecule has 0 saturated carbocycles. The molecular weight excluding hydrogens is 538 g/mol. The molecule has 0 unspecified atom stereocenters. The van der Waals surface area contributed by atoms with Crippen LogP contribution in [0.5, 0.6) is 5.75 Å². The van der Waals surface area contributed by atoms with Crippen molar-refractivity contribution in [1.82, 2.24) is 9.88 Å². The predicted octanol–water partition coefficient (Wildman–Crippen LogP) is 5.74. The number of benzene rings is 1. The number of pyridine rings is 1. The standard InChI is InChI=1S/C29H24ClN3O5S/c1-16-10-21(28-27(31-16)23(15-39-28)29(36)37-3)20-12-19(30)5-7-26(20)38-9-8-33-17(2)32-24-6-4-18(13-34)11-22(24)25(33)14-35/h5,7,10,12,15H,4,6,8-9,11H2,1-3H3. The molecule has 5 rings (SSSR count). The second kappa shape index (κ2) is 11.0. The maximum atomic E-state index is 12.3. The minimum absolute atomic E-state index is 0.233. The largest absolute Gasteiger partial charge is 0.491 e. The molecule has 1 aliphatic heterocycles. The molecule has 0 saturated heterocycles. The fourth-order valence-corrected chi connectivity index (χ4v) is 6.08. The number of aliphatic imine (C=N–C) groups is 1. The molecule has 10 heteroatoms. The molecule has 8 nitrogen and oxygen atoms in total. The van der Waals surface area contributed by atoms with Gasteiger partial charge < -0.3 is 14.4 Å². The van der Waals surface area contributed by atoms with Crippen molar-refractivity contribution in [1.29, 1.82) is 0 Å². The Labute approximate surface area is 233 Å². The molecule has 0 amide bonds. The number of allylic oxidation sites excluding steroid dienone is 3. The number of methoxy groups -OCH3 is 1. The van der Waals surface area contributed by atoms with E-state index >= 15 is 0 Å². The quantitative estimate of drug-likeness (QED) is 0.280. The van der Waals surface area contributed by atoms with E-state index in [2.05, 4.69) is 15.9 Å². The second-order valence-corrected chi connectivity index (χ2v) is 10.5. The number of carbonyl (C=O) groups excluding carboxylic acids is 3. The molecule has 1 aromatic carbocycles. The highest BCUT2D eigenvalue weighted by atomic mass is 35.5. The molecule has 0 N–H and O–H groups in total. The molecule has 0 fully saturated rings. The van der Waals surface area contributed by atoms with Crippen molar-refractivity contribution in [3.8, 4) is 16.9 Å². The number of aromatic nitrogens is 1. The summed E-state index contributed by atoms with van der Waals surface area (Å²) in [6.45, 7) is 4.27. The smallest absolute Gasteiger partial charge is 0.340 e. The van der Waals surface area contributed by atoms with Gasteiger partial charge in [-0.25, -0.2) is 19.4 Å². The summed E-state index contributed by atoms with van der Waals surface area (Å²) in [6.07, 6.45) is 1.55. The lowest BCUT2D eigenvalue weighted by Crippen LogP contribution is -2.36. The van der Waals surface area contributed by atoms with Gasteiger partial charge in [0.2, 0.25) is 0 Å². The van der Waals surface area contributed by atoms with Crippen LogP contribution in [0.1, 0.15) is 42.2 Å². The SMILES string of the molecule is COC(=O)c1csc2c(-c3cc(Cl)ccc3OCCN3C(=C=O)C4=C(CCC(=C=O)C4)N=C3C)cc(C)nc12. The number of aryl methyl sites for hydroxylation is 1. The van der Waals surface area contributed by atoms with Crippen LogP contribution in [0.2, 0.25) is 5.02 Å². The zero-order valence-corrected chi connectivity index (χ0v) is 23.2. The van der Waals surface area contributed by atoms with Gasteiger partial charge in [-0.1, -0.05) is 11.6 Å². The number of hydrogen-bond acceptors (Lipinski definition) is 9. The van der Waals surface area contributed by atoms with Crippen molar-refractivity contribution in [3.05, 3.63) is 68.5 Å². The van der Waals surface area contributed by atoms with E-state index in [9.17, 15) is 14.4 Å². The van der Waals surface area contributed by atoms with E-state index in [1.807, 2.05) is 31.9 Å². The molecule has 0 spiro atoms. The van der Waals surface area contributed by atoms with Crippen LogP contribution < -0.4 is 4.74 Å². The fraction of sp³-hybridized carbons (Fsp3) is 0.276. The van der Waals surface area contributed by atoms with Gasteiger partial charge in [0.15, 0.2) is 5.94 Å². The van der Waals surface area contributed by atoms with Gasteiger partial charge in [-0.15, -0.1) is 11.3 Å². The molecule has 0 atom stereocenters. The summed E-state index contributed by atoms with van der Waals surface area (Å²) in [7, 11) is 1.34. The number of ether oxygens (including phenoxy) is 2. The Morgan fingerprint density at radius 2 is 1.97 bits per heavy atom. The monoisotopic (exact) mass is 561 g/mol. The lowest BCUT2D eigenvalue weighted by Gasteiger charge is -2.33. The minimum Gasteiger partial charge on any atom is -0.491 e. The van der Waals surface area contributed by atoms with Gasteiger partial charge in [0.25, 0.3) is 0 Å². The first-order valence-electron chi connectivity index (χ1n) is 12.3. The number of carbonyl (C=O) groups is 1. The molecule has 0 bridgehead atoms. The summed E-state index contributed by atoms with van der Waals surface area (Å²) in [5, 5.41) is 2.27. The van der Waals surface area contributed by atoms with E-state index in [0.717, 1.165) is 32.8 Å². The van der Waals surface area contributed by atoms with Crippen LogP contribution >= 0.6 is 22.9 Å². The maximum absolute atomic E-state index is 12.3. The Bertz CT molecular complexity index is 1680. The van der Waals surface area contributed by atoms with Crippen LogP contribution in [0.3, 0.4) is 0 Å². The summed E-state index contributed by atoms with van der Waals surface area (Å²) < 4.78 is 12.0. The van der Waals surface area contributed by atoms with Crippen LogP contribution in [0.15, 0.2) is 57.2 Å². The number of hydrogen-bond donors (Lipinski definition) is 0. The maximum Gasteiger partial charge on any atom is 0.340 e. The third-order valence-electron chi connectivity index (χ3n) is 6.75. The zero-order chi connectivity index (χ0) is 27.7. The lowest BCUT2D eigenvalue weighted by atomic mass is 9.89. The lowest BCUT2D eigenvalue weighted by molar-refractivity contribution is 0.0603. The van der Waals surface area contributed by atoms with Gasteiger partial charge in [-0.05, 0) is 51.0 Å². The third kappa shape index (κ3) is 5.05. The van der Waals surface area contributed by atoms with E-state index < -0.39 is 5.97 Å². The molecular formula is C29H24ClN3O5S. The summed E-state index contributed by atoms with van der Waals surface area (Å²) in [6, 6.07) is 7.29. The van der Waals surface area contributed by atoms with Gasteiger partial charge in [-0.3, -0.25) is 4.98 Å². The van der Waals surface area contributed by atoms with Crippen molar-refractivity contribution in [2.45, 2.75) is 33.1 Å². The van der Waals surface area contributed by atoms with E-state index in [1.54, 1.807) is 22.4 Å². The summed E-state index contributed by atoms with van der Waals surface area (Å²) in [5.74, 6) is 4.86. The molecule has 39 heavy (non-hydrogen) atoms. The third-order valence-corrected chi connectivity index (χ3v) is 7.98. The van der Waals surface area contributed by atoms with Crippen molar-refractivity contribution in [3.63, 3.8) is 0 Å². The Morgan fingerprint density at radius 3 is 2.72 bits per heavy atom. The number of rotatable bonds is 6. The van der Waals surface area contributed by atoms with Crippen LogP contribution in [0.4, 0.5) is 0 Å². The van der Waals surface area contributed by atoms with Crippen LogP contribution in [0, 0.1) is 6.92 Å². The highest BCUT2D eigenvalue weighted by Gasteiger charge is 2.29. The fourth-order valence-electron chi connectivity index (χ4n) is 4.90. The second-order valence-electron chi connectivity index (χ2n) is 9.19. The first kappa shape index (κ1) is 26.6. The van der Waals surface area contributed by atoms with E-state index in [1.165, 1.54) is 18.4 Å². The summed E-state index contributed by atoms with van der Waals surface area (Å²) >= 11 is 7.79. The Morgan fingerprint density at radius 1 is 1.15 bits per heavy atom. The van der Waals surface area contributed by atoms with Crippen molar-refractivity contribution >= 4 is 56.8 Å². The average molecular weight is 562 g/mol. The number of fused-ring (bicyclic) bond motifs is 1. The predicted molar refractivity (Wildman–Crippen MR) is 151 cm³/mol. The van der Waals surface area contributed by atoms with Crippen molar-refractivity contribution < 1.29 is 23.9 Å². The Hall–Kier alpha value is -4.00.